The first-order valence-corrected chi connectivity index (χ1v) is 17.4. The van der Waals surface area contributed by atoms with Crippen molar-refractivity contribution in [2.24, 2.45) is 50.2 Å². The van der Waals surface area contributed by atoms with Crippen molar-refractivity contribution in [1.29, 1.82) is 0 Å². The predicted molar refractivity (Wildman–Crippen MR) is 166 cm³/mol. The largest absolute Gasteiger partial charge is 0.432 e. The molecule has 6 rings (SSSR count). The fourth-order valence-electron chi connectivity index (χ4n) is 12.1. The molecule has 9 nitrogen and oxygen atoms in total. The zero-order valence-electron chi connectivity index (χ0n) is 28.3. The molecule has 0 amide bonds. The number of rotatable bonds is 3. The maximum atomic E-state index is 14.4. The first-order chi connectivity index (χ1) is 20.8. The zero-order chi connectivity index (χ0) is 33.1. The van der Waals surface area contributed by atoms with Gasteiger partial charge in [0.2, 0.25) is 6.29 Å². The Kier molecular flexibility index (Phi) is 8.05. The Hall–Kier alpha value is -1.07. The monoisotopic (exact) mass is 634 g/mol. The summed E-state index contributed by atoms with van der Waals surface area (Å²) in [6.07, 6.45) is 0.341. The molecule has 1 saturated heterocycles. The van der Waals surface area contributed by atoms with Gasteiger partial charge in [-0.05, 0) is 103 Å². The number of esters is 1. The molecule has 0 aromatic rings. The second-order valence-corrected chi connectivity index (χ2v) is 18.0. The average Bonchev–Trinajstić information content (AvgIpc) is 2.95. The molecule has 5 fully saturated rings. The van der Waals surface area contributed by atoms with Gasteiger partial charge in [0.1, 0.15) is 29.8 Å². The summed E-state index contributed by atoms with van der Waals surface area (Å²) in [6.45, 7) is 15.5. The van der Waals surface area contributed by atoms with Crippen LogP contribution in [0.2, 0.25) is 0 Å². The molecule has 45 heavy (non-hydrogen) atoms. The number of carbonyl (C=O) groups is 1. The molecule has 1 heterocycles. The summed E-state index contributed by atoms with van der Waals surface area (Å²) in [7, 11) is 0. The Morgan fingerprint density at radius 2 is 1.53 bits per heavy atom. The van der Waals surface area contributed by atoms with E-state index in [-0.39, 0.29) is 39.1 Å². The number of ether oxygens (including phenoxy) is 2. The van der Waals surface area contributed by atoms with Crippen molar-refractivity contribution in [2.45, 2.75) is 149 Å². The molecule has 0 aromatic carbocycles. The van der Waals surface area contributed by atoms with Gasteiger partial charge in [-0.1, -0.05) is 60.1 Å². The van der Waals surface area contributed by atoms with Crippen molar-refractivity contribution in [3.05, 3.63) is 11.6 Å². The van der Waals surface area contributed by atoms with Crippen molar-refractivity contribution in [1.82, 2.24) is 0 Å². The molecule has 6 aliphatic rings. The summed E-state index contributed by atoms with van der Waals surface area (Å²) in [4.78, 5) is 14.4. The number of carbonyl (C=O) groups excluding carboxylic acids is 1. The van der Waals surface area contributed by atoms with Gasteiger partial charge < -0.3 is 40.1 Å². The van der Waals surface area contributed by atoms with Gasteiger partial charge in [0.15, 0.2) is 0 Å². The van der Waals surface area contributed by atoms with E-state index >= 15 is 0 Å². The van der Waals surface area contributed by atoms with Gasteiger partial charge in [-0.3, -0.25) is 4.79 Å². The van der Waals surface area contributed by atoms with E-state index in [9.17, 15) is 35.4 Å². The van der Waals surface area contributed by atoms with E-state index < -0.39 is 54.8 Å². The molecule has 7 unspecified atom stereocenters. The van der Waals surface area contributed by atoms with Crippen LogP contribution in [0.5, 0.6) is 0 Å². The summed E-state index contributed by atoms with van der Waals surface area (Å²) >= 11 is 0. The fourth-order valence-corrected chi connectivity index (χ4v) is 12.1. The first-order valence-electron chi connectivity index (χ1n) is 17.4. The van der Waals surface area contributed by atoms with E-state index in [1.807, 2.05) is 0 Å². The summed E-state index contributed by atoms with van der Waals surface area (Å²) in [5.74, 6) is -0.157. The van der Waals surface area contributed by atoms with Crippen LogP contribution in [0.3, 0.4) is 0 Å². The molecule has 4 saturated carbocycles. The van der Waals surface area contributed by atoms with E-state index in [0.29, 0.717) is 37.5 Å². The molecule has 5 aliphatic carbocycles. The number of allylic oxidation sites excluding steroid dienone is 2. The second kappa shape index (κ2) is 10.7. The minimum atomic E-state index is -1.70. The van der Waals surface area contributed by atoms with Crippen LogP contribution in [0.15, 0.2) is 11.6 Å². The van der Waals surface area contributed by atoms with Crippen LogP contribution in [0.1, 0.15) is 106 Å². The Bertz CT molecular complexity index is 1210. The topological polar surface area (TPSA) is 157 Å². The molecule has 6 N–H and O–H groups in total. The molecule has 0 spiro atoms. The number of hydrogen-bond donors (Lipinski definition) is 6. The molecule has 9 heteroatoms. The van der Waals surface area contributed by atoms with Gasteiger partial charge in [-0.2, -0.15) is 0 Å². The van der Waals surface area contributed by atoms with Gasteiger partial charge in [0.25, 0.3) is 0 Å². The molecule has 14 atom stereocenters. The van der Waals surface area contributed by atoms with Crippen molar-refractivity contribution >= 4 is 5.97 Å². The van der Waals surface area contributed by atoms with Gasteiger partial charge in [-0.25, -0.2) is 0 Å². The third-order valence-electron chi connectivity index (χ3n) is 15.1. The number of hydrogen-bond acceptors (Lipinski definition) is 9. The van der Waals surface area contributed by atoms with Crippen LogP contribution in [-0.4, -0.2) is 86.1 Å². The first kappa shape index (κ1) is 33.8. The highest BCUT2D eigenvalue weighted by atomic mass is 16.7. The van der Waals surface area contributed by atoms with E-state index in [1.165, 1.54) is 5.57 Å². The molecule has 256 valence electrons. The molecule has 1 aliphatic heterocycles. The van der Waals surface area contributed by atoms with Crippen LogP contribution in [-0.2, 0) is 14.3 Å². The van der Waals surface area contributed by atoms with E-state index in [1.54, 1.807) is 0 Å². The van der Waals surface area contributed by atoms with Crippen molar-refractivity contribution in [3.63, 3.8) is 0 Å². The zero-order valence-corrected chi connectivity index (χ0v) is 28.3. The highest BCUT2D eigenvalue weighted by Crippen LogP contribution is 2.75. The minimum absolute atomic E-state index is 0.0497. The van der Waals surface area contributed by atoms with Gasteiger partial charge in [0, 0.05) is 0 Å². The van der Waals surface area contributed by atoms with Crippen molar-refractivity contribution < 1.29 is 44.9 Å². The van der Waals surface area contributed by atoms with Gasteiger partial charge >= 0.3 is 5.97 Å². The lowest BCUT2D eigenvalue weighted by atomic mass is 9.33. The molecular formula is C36H58O9. The average molecular weight is 635 g/mol. The number of aliphatic hydroxyl groups is 6. The van der Waals surface area contributed by atoms with E-state index in [2.05, 4.69) is 54.5 Å². The lowest BCUT2D eigenvalue weighted by molar-refractivity contribution is -0.299. The maximum Gasteiger partial charge on any atom is 0.317 e. The van der Waals surface area contributed by atoms with Crippen LogP contribution in [0.25, 0.3) is 0 Å². The highest BCUT2D eigenvalue weighted by molar-refractivity contribution is 5.80. The summed E-state index contributed by atoms with van der Waals surface area (Å²) in [5.41, 5.74) is -0.661. The SMILES string of the molecule is CC1(C)CCC2(C(=O)O[C@@H]3O[C@H](CO)[C@@H](O)[C@H](O)[C@H]3O)C(O)CC3(C)C(=CCC4[C@@]5(C)CCC(O)C(C)(C)C5CC[C@]43C)C2C1. The predicted octanol–water partition coefficient (Wildman–Crippen LogP) is 3.46. The Morgan fingerprint density at radius 1 is 0.844 bits per heavy atom. The van der Waals surface area contributed by atoms with Crippen LogP contribution < -0.4 is 0 Å². The minimum Gasteiger partial charge on any atom is -0.432 e. The fraction of sp³-hybridized carbons (Fsp3) is 0.917. The molecule has 0 bridgehead atoms. The Morgan fingerprint density at radius 3 is 2.20 bits per heavy atom. The lowest BCUT2D eigenvalue weighted by Gasteiger charge is -2.71. The summed E-state index contributed by atoms with van der Waals surface area (Å²) in [5, 5.41) is 64.3. The summed E-state index contributed by atoms with van der Waals surface area (Å²) in [6, 6.07) is 0. The van der Waals surface area contributed by atoms with Crippen molar-refractivity contribution in [2.75, 3.05) is 6.61 Å². The number of aliphatic hydroxyl groups excluding tert-OH is 6. The number of fused-ring (bicyclic) bond motifs is 7. The molecule has 0 radical (unpaired) electrons. The van der Waals surface area contributed by atoms with E-state index in [4.69, 9.17) is 9.47 Å². The van der Waals surface area contributed by atoms with Crippen LogP contribution >= 0.6 is 0 Å². The van der Waals surface area contributed by atoms with Gasteiger partial charge in [-0.15, -0.1) is 0 Å². The molecular weight excluding hydrogens is 576 g/mol. The van der Waals surface area contributed by atoms with Crippen LogP contribution in [0, 0.1) is 50.2 Å². The Labute approximate surface area is 268 Å². The lowest BCUT2D eigenvalue weighted by Crippen LogP contribution is -2.68. The Balaban J connectivity index is 1.38. The van der Waals surface area contributed by atoms with Crippen LogP contribution in [0.4, 0.5) is 0 Å². The standard InChI is InChI=1S/C36H58O9/c1-31(2)14-15-36(30(43)45-29-28(42)27(41)26(40)21(18-37)44-29)20(16-31)19-8-9-23-33(5)12-11-24(38)32(3,4)22(33)10-13-34(23,6)35(19,7)17-25(36)39/h8,20-29,37-42H,9-18H2,1-7H3/t20?,21-,22?,23?,24?,25?,26-,27+,28-,29+,33+,34-,35?,36?/m1/s1. The maximum absolute atomic E-state index is 14.4. The van der Waals surface area contributed by atoms with Gasteiger partial charge in [0.05, 0.1) is 18.8 Å². The smallest absolute Gasteiger partial charge is 0.317 e. The quantitative estimate of drug-likeness (QED) is 0.202. The normalized spacial score (nSPS) is 53.6. The second-order valence-electron chi connectivity index (χ2n) is 18.0. The third kappa shape index (κ3) is 4.54. The van der Waals surface area contributed by atoms with Crippen molar-refractivity contribution in [3.8, 4) is 0 Å². The third-order valence-corrected chi connectivity index (χ3v) is 15.1. The van der Waals surface area contributed by atoms with E-state index in [0.717, 1.165) is 32.1 Å². The molecule has 0 aromatic heterocycles. The highest BCUT2D eigenvalue weighted by Gasteiger charge is 2.71. The summed E-state index contributed by atoms with van der Waals surface area (Å²) < 4.78 is 11.4.